The van der Waals surface area contributed by atoms with Crippen molar-refractivity contribution in [1.82, 2.24) is 4.90 Å². The zero-order chi connectivity index (χ0) is 17.1. The van der Waals surface area contributed by atoms with Crippen molar-refractivity contribution in [3.05, 3.63) is 29.8 Å². The number of hydrogen-bond acceptors (Lipinski definition) is 5. The van der Waals surface area contributed by atoms with Gasteiger partial charge in [-0.1, -0.05) is 6.07 Å². The van der Waals surface area contributed by atoms with Gasteiger partial charge in [0.15, 0.2) is 0 Å². The van der Waals surface area contributed by atoms with Crippen molar-refractivity contribution in [2.24, 2.45) is 0 Å². The van der Waals surface area contributed by atoms with Gasteiger partial charge in [-0.05, 0) is 30.7 Å². The van der Waals surface area contributed by atoms with Crippen molar-refractivity contribution in [3.8, 4) is 5.75 Å². The van der Waals surface area contributed by atoms with Gasteiger partial charge in [0.05, 0.1) is 25.5 Å². The Morgan fingerprint density at radius 2 is 1.87 bits per heavy atom. The van der Waals surface area contributed by atoms with Crippen molar-refractivity contribution in [2.75, 3.05) is 52.9 Å². The van der Waals surface area contributed by atoms with Crippen LogP contribution in [0.5, 0.6) is 5.75 Å². The SMILES string of the molecule is CCOc1ccc(/C=C\C(=O)N(CCOC)CCOC)cc1N. The first-order chi connectivity index (χ1) is 11.1. The molecule has 0 aromatic heterocycles. The number of benzene rings is 1. The van der Waals surface area contributed by atoms with Crippen LogP contribution in [0.2, 0.25) is 0 Å². The Labute approximate surface area is 137 Å². The Morgan fingerprint density at radius 1 is 1.22 bits per heavy atom. The number of amides is 1. The summed E-state index contributed by atoms with van der Waals surface area (Å²) in [5.74, 6) is 0.560. The average Bonchev–Trinajstić information content (AvgIpc) is 2.55. The molecule has 0 aliphatic heterocycles. The summed E-state index contributed by atoms with van der Waals surface area (Å²) in [5.41, 5.74) is 7.32. The number of nitrogens with zero attached hydrogens (tertiary/aromatic N) is 1. The maximum Gasteiger partial charge on any atom is 0.246 e. The van der Waals surface area contributed by atoms with Gasteiger partial charge in [-0.25, -0.2) is 0 Å². The fourth-order valence-electron chi connectivity index (χ4n) is 1.97. The number of carbonyl (C=O) groups excluding carboxylic acids is 1. The fourth-order valence-corrected chi connectivity index (χ4v) is 1.97. The molecule has 6 nitrogen and oxygen atoms in total. The van der Waals surface area contributed by atoms with E-state index in [1.165, 1.54) is 6.08 Å². The molecule has 0 bridgehead atoms. The molecule has 2 N–H and O–H groups in total. The highest BCUT2D eigenvalue weighted by Gasteiger charge is 2.10. The molecule has 0 spiro atoms. The predicted molar refractivity (Wildman–Crippen MR) is 91.4 cm³/mol. The van der Waals surface area contributed by atoms with Crippen LogP contribution >= 0.6 is 0 Å². The summed E-state index contributed by atoms with van der Waals surface area (Å²) in [7, 11) is 3.22. The number of ether oxygens (including phenoxy) is 3. The Kier molecular flexibility index (Phi) is 8.79. The van der Waals surface area contributed by atoms with Crippen LogP contribution in [0.4, 0.5) is 5.69 Å². The second kappa shape index (κ2) is 10.6. The second-order valence-corrected chi connectivity index (χ2v) is 4.87. The largest absolute Gasteiger partial charge is 0.492 e. The monoisotopic (exact) mass is 322 g/mol. The minimum Gasteiger partial charge on any atom is -0.492 e. The van der Waals surface area contributed by atoms with E-state index in [4.69, 9.17) is 19.9 Å². The van der Waals surface area contributed by atoms with Gasteiger partial charge >= 0.3 is 0 Å². The molecule has 0 fully saturated rings. The van der Waals surface area contributed by atoms with Gasteiger partial charge in [0.1, 0.15) is 5.75 Å². The highest BCUT2D eigenvalue weighted by Crippen LogP contribution is 2.23. The Bertz CT molecular complexity index is 509. The van der Waals surface area contributed by atoms with Crippen LogP contribution in [-0.2, 0) is 14.3 Å². The number of carbonyl (C=O) groups is 1. The molecule has 0 radical (unpaired) electrons. The number of nitrogens with two attached hydrogens (primary N) is 1. The molecular weight excluding hydrogens is 296 g/mol. The van der Waals surface area contributed by atoms with Crippen LogP contribution in [0, 0.1) is 0 Å². The van der Waals surface area contributed by atoms with Crippen LogP contribution in [0.25, 0.3) is 6.08 Å². The molecule has 1 rings (SSSR count). The molecular formula is C17H26N2O4. The minimum atomic E-state index is -0.0912. The first-order valence-electron chi connectivity index (χ1n) is 7.59. The van der Waals surface area contributed by atoms with Crippen LogP contribution in [0.1, 0.15) is 12.5 Å². The van der Waals surface area contributed by atoms with Gasteiger partial charge in [0.25, 0.3) is 0 Å². The standard InChI is InChI=1S/C17H26N2O4/c1-4-23-16-7-5-14(13-15(16)18)6-8-17(20)19(9-11-21-2)10-12-22-3/h5-8,13H,4,9-12,18H2,1-3H3/b8-6-. The topological polar surface area (TPSA) is 74.0 Å². The van der Waals surface area contributed by atoms with Gasteiger partial charge in [-0.3, -0.25) is 4.79 Å². The Balaban J connectivity index is 2.72. The van der Waals surface area contributed by atoms with Gasteiger partial charge in [-0.15, -0.1) is 0 Å². The van der Waals surface area contributed by atoms with E-state index >= 15 is 0 Å². The number of nitrogen functional groups attached to an aromatic ring is 1. The van der Waals surface area contributed by atoms with Gasteiger partial charge in [-0.2, -0.15) is 0 Å². The highest BCUT2D eigenvalue weighted by molar-refractivity contribution is 5.92. The lowest BCUT2D eigenvalue weighted by Gasteiger charge is -2.20. The average molecular weight is 322 g/mol. The summed E-state index contributed by atoms with van der Waals surface area (Å²) in [6.07, 6.45) is 3.27. The lowest BCUT2D eigenvalue weighted by Crippen LogP contribution is -2.35. The second-order valence-electron chi connectivity index (χ2n) is 4.87. The third-order valence-electron chi connectivity index (χ3n) is 3.19. The maximum atomic E-state index is 12.3. The zero-order valence-electron chi connectivity index (χ0n) is 14.1. The third-order valence-corrected chi connectivity index (χ3v) is 3.19. The first-order valence-corrected chi connectivity index (χ1v) is 7.59. The van der Waals surface area contributed by atoms with Crippen molar-refractivity contribution >= 4 is 17.7 Å². The summed E-state index contributed by atoms with van der Waals surface area (Å²) in [6.45, 7) is 4.48. The number of anilines is 1. The molecule has 0 saturated carbocycles. The van der Waals surface area contributed by atoms with Crippen LogP contribution in [-0.4, -0.2) is 57.9 Å². The molecule has 0 aliphatic rings. The molecule has 128 valence electrons. The van der Waals surface area contributed by atoms with E-state index in [0.717, 1.165) is 5.56 Å². The van der Waals surface area contributed by atoms with Crippen LogP contribution < -0.4 is 10.5 Å². The minimum absolute atomic E-state index is 0.0912. The van der Waals surface area contributed by atoms with E-state index in [1.54, 1.807) is 37.3 Å². The number of hydrogen-bond donors (Lipinski definition) is 1. The predicted octanol–water partition coefficient (Wildman–Crippen LogP) is 1.80. The molecule has 6 heteroatoms. The quantitative estimate of drug-likeness (QED) is 0.525. The Hall–Kier alpha value is -2.05. The summed E-state index contributed by atoms with van der Waals surface area (Å²) >= 11 is 0. The summed E-state index contributed by atoms with van der Waals surface area (Å²) < 4.78 is 15.4. The zero-order valence-corrected chi connectivity index (χ0v) is 14.1. The molecule has 23 heavy (non-hydrogen) atoms. The molecule has 1 aromatic rings. The molecule has 0 unspecified atom stereocenters. The van der Waals surface area contributed by atoms with Crippen molar-refractivity contribution in [3.63, 3.8) is 0 Å². The van der Waals surface area contributed by atoms with Crippen LogP contribution in [0.3, 0.4) is 0 Å². The fraction of sp³-hybridized carbons (Fsp3) is 0.471. The van der Waals surface area contributed by atoms with Gasteiger partial charge < -0.3 is 24.8 Å². The summed E-state index contributed by atoms with van der Waals surface area (Å²) in [5, 5.41) is 0. The van der Waals surface area contributed by atoms with Crippen molar-refractivity contribution in [1.29, 1.82) is 0 Å². The van der Waals surface area contributed by atoms with E-state index < -0.39 is 0 Å². The molecule has 1 aromatic carbocycles. The van der Waals surface area contributed by atoms with Crippen LogP contribution in [0.15, 0.2) is 24.3 Å². The number of methoxy groups -OCH3 is 2. The highest BCUT2D eigenvalue weighted by atomic mass is 16.5. The lowest BCUT2D eigenvalue weighted by molar-refractivity contribution is -0.127. The van der Waals surface area contributed by atoms with E-state index in [2.05, 4.69) is 0 Å². The molecule has 0 saturated heterocycles. The third kappa shape index (κ3) is 6.71. The van der Waals surface area contributed by atoms with Crippen molar-refractivity contribution < 1.29 is 19.0 Å². The van der Waals surface area contributed by atoms with E-state index in [9.17, 15) is 4.79 Å². The Morgan fingerprint density at radius 3 is 2.39 bits per heavy atom. The molecule has 0 heterocycles. The molecule has 0 aliphatic carbocycles. The van der Waals surface area contributed by atoms with E-state index in [0.29, 0.717) is 44.3 Å². The van der Waals surface area contributed by atoms with E-state index in [-0.39, 0.29) is 5.91 Å². The van der Waals surface area contributed by atoms with Gasteiger partial charge in [0, 0.05) is 33.4 Å². The molecule has 1 amide bonds. The van der Waals surface area contributed by atoms with E-state index in [1.807, 2.05) is 13.0 Å². The molecule has 0 atom stereocenters. The summed E-state index contributed by atoms with van der Waals surface area (Å²) in [4.78, 5) is 13.9. The number of rotatable bonds is 10. The van der Waals surface area contributed by atoms with Crippen molar-refractivity contribution in [2.45, 2.75) is 6.92 Å². The maximum absolute atomic E-state index is 12.3. The summed E-state index contributed by atoms with van der Waals surface area (Å²) in [6, 6.07) is 5.44. The lowest BCUT2D eigenvalue weighted by atomic mass is 10.1. The van der Waals surface area contributed by atoms with Gasteiger partial charge in [0.2, 0.25) is 5.91 Å². The normalized spacial score (nSPS) is 10.9. The smallest absolute Gasteiger partial charge is 0.246 e. The first kappa shape index (κ1) is 19.0.